The van der Waals surface area contributed by atoms with Crippen LogP contribution < -0.4 is 0 Å². The van der Waals surface area contributed by atoms with Crippen molar-refractivity contribution in [3.05, 3.63) is 60.2 Å². The van der Waals surface area contributed by atoms with E-state index in [9.17, 15) is 0 Å². The van der Waals surface area contributed by atoms with Gasteiger partial charge in [-0.05, 0) is 24.1 Å². The van der Waals surface area contributed by atoms with Crippen molar-refractivity contribution in [3.8, 4) is 0 Å². The van der Waals surface area contributed by atoms with Gasteiger partial charge in [-0.3, -0.25) is 4.90 Å². The lowest BCUT2D eigenvalue weighted by Gasteiger charge is -2.39. The number of fused-ring (bicyclic) bond motifs is 1. The van der Waals surface area contributed by atoms with Crippen LogP contribution in [0.3, 0.4) is 0 Å². The summed E-state index contributed by atoms with van der Waals surface area (Å²) >= 11 is 0. The largest absolute Gasteiger partial charge is 0.379 e. The Morgan fingerprint density at radius 3 is 2.56 bits per heavy atom. The van der Waals surface area contributed by atoms with E-state index in [1.165, 1.54) is 5.56 Å². The van der Waals surface area contributed by atoms with Gasteiger partial charge in [0, 0.05) is 31.7 Å². The van der Waals surface area contributed by atoms with Crippen molar-refractivity contribution in [2.45, 2.75) is 18.7 Å². The Kier molecular flexibility index (Phi) is 4.61. The Morgan fingerprint density at radius 1 is 0.926 bits per heavy atom. The van der Waals surface area contributed by atoms with Gasteiger partial charge >= 0.3 is 0 Å². The van der Waals surface area contributed by atoms with Crippen LogP contribution in [0.2, 0.25) is 0 Å². The van der Waals surface area contributed by atoms with Crippen LogP contribution in [0.4, 0.5) is 0 Å². The van der Waals surface area contributed by atoms with E-state index in [0.717, 1.165) is 50.4 Å². The molecule has 0 bridgehead atoms. The van der Waals surface area contributed by atoms with E-state index in [-0.39, 0.29) is 12.3 Å². The minimum Gasteiger partial charge on any atom is -0.379 e. The van der Waals surface area contributed by atoms with Crippen LogP contribution >= 0.6 is 0 Å². The minimum absolute atomic E-state index is 0.106. The first-order valence-electron chi connectivity index (χ1n) is 9.70. The van der Waals surface area contributed by atoms with Crippen LogP contribution in [-0.4, -0.2) is 52.8 Å². The lowest BCUT2D eigenvalue weighted by Crippen LogP contribution is -2.43. The monoisotopic (exact) mass is 364 g/mol. The number of hydrogen-bond donors (Lipinski definition) is 0. The number of para-hydroxylation sites is 1. The maximum Gasteiger partial charge on any atom is 0.157 e. The zero-order chi connectivity index (χ0) is 18.1. The number of hydrogen-bond acceptors (Lipinski definition) is 5. The van der Waals surface area contributed by atoms with Crippen LogP contribution in [0.1, 0.15) is 24.3 Å². The molecule has 0 radical (unpaired) electrons. The van der Waals surface area contributed by atoms with E-state index < -0.39 is 0 Å². The molecule has 0 spiro atoms. The van der Waals surface area contributed by atoms with Gasteiger partial charge in [-0.2, -0.15) is 0 Å². The van der Waals surface area contributed by atoms with Crippen LogP contribution in [-0.2, 0) is 9.47 Å². The predicted octanol–water partition coefficient (Wildman–Crippen LogP) is 3.04. The summed E-state index contributed by atoms with van der Waals surface area (Å²) < 4.78 is 13.8. The Morgan fingerprint density at radius 2 is 1.70 bits per heavy atom. The first-order valence-corrected chi connectivity index (χ1v) is 9.70. The molecule has 3 heterocycles. The van der Waals surface area contributed by atoms with Crippen LogP contribution in [0.15, 0.2) is 54.6 Å². The quantitative estimate of drug-likeness (QED) is 0.712. The molecule has 3 unspecified atom stereocenters. The highest BCUT2D eigenvalue weighted by Crippen LogP contribution is 2.43. The molecule has 27 heavy (non-hydrogen) atoms. The van der Waals surface area contributed by atoms with E-state index in [0.29, 0.717) is 5.92 Å². The number of rotatable bonds is 4. The normalized spacial score (nSPS) is 25.0. The minimum atomic E-state index is -0.106. The number of morpholine rings is 1. The van der Waals surface area contributed by atoms with Crippen molar-refractivity contribution < 1.29 is 9.47 Å². The van der Waals surface area contributed by atoms with Gasteiger partial charge in [0.05, 0.1) is 18.7 Å². The van der Waals surface area contributed by atoms with Gasteiger partial charge in [0.1, 0.15) is 5.52 Å². The summed E-state index contributed by atoms with van der Waals surface area (Å²) in [6.45, 7) is 4.21. The average molecular weight is 364 g/mol. The molecule has 0 saturated carbocycles. The summed E-state index contributed by atoms with van der Waals surface area (Å²) in [5, 5.41) is 8.79. The Labute approximate surface area is 158 Å². The molecule has 3 aromatic rings. The lowest BCUT2D eigenvalue weighted by atomic mass is 9.88. The number of nitrogens with zero attached hydrogens (tertiary/aromatic N) is 4. The molecule has 2 aliphatic rings. The molecule has 3 atom stereocenters. The fraction of sp³-hybridized carbons (Fsp3) is 0.429. The van der Waals surface area contributed by atoms with Crippen LogP contribution in [0.5, 0.6) is 0 Å². The molecule has 0 aliphatic carbocycles. The first kappa shape index (κ1) is 16.9. The number of aromatic nitrogens is 3. The maximum absolute atomic E-state index is 6.21. The second kappa shape index (κ2) is 7.38. The summed E-state index contributed by atoms with van der Waals surface area (Å²) in [7, 11) is 0. The first-order chi connectivity index (χ1) is 13.4. The van der Waals surface area contributed by atoms with Crippen molar-refractivity contribution in [1.29, 1.82) is 0 Å². The van der Waals surface area contributed by atoms with Gasteiger partial charge in [0.2, 0.25) is 0 Å². The molecule has 2 fully saturated rings. The second-order valence-corrected chi connectivity index (χ2v) is 7.24. The molecule has 0 amide bonds. The summed E-state index contributed by atoms with van der Waals surface area (Å²) in [6, 6.07) is 19.2. The van der Waals surface area contributed by atoms with Gasteiger partial charge in [-0.15, -0.1) is 5.10 Å². The summed E-state index contributed by atoms with van der Waals surface area (Å²) in [6.07, 6.45) is 0.904. The highest BCUT2D eigenvalue weighted by molar-refractivity contribution is 5.73. The number of ether oxygens (including phenoxy) is 2. The van der Waals surface area contributed by atoms with E-state index in [1.807, 2.05) is 22.9 Å². The third-order valence-electron chi connectivity index (χ3n) is 5.71. The molecule has 140 valence electrons. The van der Waals surface area contributed by atoms with Gasteiger partial charge in [0.25, 0.3) is 0 Å². The van der Waals surface area contributed by atoms with E-state index in [2.05, 4.69) is 51.6 Å². The second-order valence-electron chi connectivity index (χ2n) is 7.24. The molecular formula is C21H24N4O2. The average Bonchev–Trinajstić information content (AvgIpc) is 3.37. The summed E-state index contributed by atoms with van der Waals surface area (Å²) in [5.74, 6) is 0.315. The third-order valence-corrected chi connectivity index (χ3v) is 5.71. The topological polar surface area (TPSA) is 52.4 Å². The molecule has 6 nitrogen and oxygen atoms in total. The van der Waals surface area contributed by atoms with Crippen molar-refractivity contribution >= 4 is 11.0 Å². The van der Waals surface area contributed by atoms with E-state index in [1.54, 1.807) is 0 Å². The molecule has 5 rings (SSSR count). The fourth-order valence-corrected chi connectivity index (χ4v) is 4.47. The smallest absolute Gasteiger partial charge is 0.157 e. The van der Waals surface area contributed by atoms with Crippen LogP contribution in [0, 0.1) is 5.92 Å². The molecule has 2 aromatic carbocycles. The van der Waals surface area contributed by atoms with Gasteiger partial charge in [-0.25, -0.2) is 4.68 Å². The van der Waals surface area contributed by atoms with Crippen molar-refractivity contribution in [1.82, 2.24) is 19.9 Å². The zero-order valence-corrected chi connectivity index (χ0v) is 15.3. The zero-order valence-electron chi connectivity index (χ0n) is 15.3. The van der Waals surface area contributed by atoms with Crippen molar-refractivity contribution in [2.75, 3.05) is 32.9 Å². The SMILES string of the molecule is c1ccc(C(C2CCOC2n2nnc3ccccc32)N2CCOCC2)cc1. The predicted molar refractivity (Wildman–Crippen MR) is 102 cm³/mol. The van der Waals surface area contributed by atoms with E-state index in [4.69, 9.17) is 9.47 Å². The molecule has 6 heteroatoms. The third kappa shape index (κ3) is 3.14. The summed E-state index contributed by atoms with van der Waals surface area (Å²) in [5.41, 5.74) is 3.28. The van der Waals surface area contributed by atoms with Gasteiger partial charge in [-0.1, -0.05) is 47.7 Å². The van der Waals surface area contributed by atoms with Crippen molar-refractivity contribution in [3.63, 3.8) is 0 Å². The van der Waals surface area contributed by atoms with Crippen LogP contribution in [0.25, 0.3) is 11.0 Å². The molecule has 0 N–H and O–H groups in total. The molecule has 2 aliphatic heterocycles. The van der Waals surface area contributed by atoms with Crippen molar-refractivity contribution in [2.24, 2.45) is 5.92 Å². The highest BCUT2D eigenvalue weighted by atomic mass is 16.5. The number of benzene rings is 2. The lowest BCUT2D eigenvalue weighted by molar-refractivity contribution is -0.0344. The molecular weight excluding hydrogens is 340 g/mol. The summed E-state index contributed by atoms with van der Waals surface area (Å²) in [4.78, 5) is 2.55. The Hall–Kier alpha value is -2.28. The van der Waals surface area contributed by atoms with E-state index >= 15 is 0 Å². The maximum atomic E-state index is 6.21. The standard InChI is InChI=1S/C21H24N4O2/c1-2-6-16(7-3-1)20(24-11-14-26-15-12-24)17-10-13-27-21(17)25-19-9-5-4-8-18(19)22-23-25/h1-9,17,20-21H,10-15H2. The fourth-order valence-electron chi connectivity index (χ4n) is 4.47. The Bertz CT molecular complexity index is 891. The highest BCUT2D eigenvalue weighted by Gasteiger charge is 2.41. The Balaban J connectivity index is 1.54. The van der Waals surface area contributed by atoms with Gasteiger partial charge in [0.15, 0.2) is 6.23 Å². The molecule has 1 aromatic heterocycles. The molecule has 2 saturated heterocycles. The van der Waals surface area contributed by atoms with Gasteiger partial charge < -0.3 is 9.47 Å².